The first-order valence-electron chi connectivity index (χ1n) is 9.47. The van der Waals surface area contributed by atoms with Gasteiger partial charge in [-0.1, -0.05) is 6.42 Å². The molecule has 0 saturated heterocycles. The second kappa shape index (κ2) is 6.48. The van der Waals surface area contributed by atoms with E-state index in [1.54, 1.807) is 7.11 Å². The molecule has 7 heteroatoms. The van der Waals surface area contributed by atoms with Crippen LogP contribution in [0.4, 0.5) is 11.8 Å². The van der Waals surface area contributed by atoms with E-state index >= 15 is 0 Å². The Morgan fingerprint density at radius 2 is 2.00 bits per heavy atom. The lowest BCUT2D eigenvalue weighted by Crippen LogP contribution is -2.65. The summed E-state index contributed by atoms with van der Waals surface area (Å²) >= 11 is 3.57. The highest BCUT2D eigenvalue weighted by Gasteiger charge is 2.60. The van der Waals surface area contributed by atoms with Gasteiger partial charge in [-0.3, -0.25) is 0 Å². The van der Waals surface area contributed by atoms with Crippen LogP contribution in [0.25, 0.3) is 10.9 Å². The number of hydrogen-bond donors (Lipinski definition) is 2. The SMILES string of the molecule is COc1cc(Br)c2nc(NC3CC(OC(C)(C)C)C34CCC4)nc(N)c2c1. The molecule has 2 aliphatic carbocycles. The van der Waals surface area contributed by atoms with Crippen LogP contribution in [0.5, 0.6) is 5.75 Å². The lowest BCUT2D eigenvalue weighted by molar-refractivity contribution is -0.203. The molecule has 2 fully saturated rings. The number of nitrogen functional groups attached to an aromatic ring is 1. The predicted octanol–water partition coefficient (Wildman–Crippen LogP) is 4.52. The van der Waals surface area contributed by atoms with E-state index < -0.39 is 0 Å². The van der Waals surface area contributed by atoms with Crippen LogP contribution in [0.15, 0.2) is 16.6 Å². The molecule has 0 radical (unpaired) electrons. The summed E-state index contributed by atoms with van der Waals surface area (Å²) in [6.07, 6.45) is 4.92. The van der Waals surface area contributed by atoms with Gasteiger partial charge in [0.1, 0.15) is 11.6 Å². The summed E-state index contributed by atoms with van der Waals surface area (Å²) in [6.45, 7) is 6.37. The number of anilines is 2. The van der Waals surface area contributed by atoms with Crippen molar-refractivity contribution in [3.05, 3.63) is 16.6 Å². The Morgan fingerprint density at radius 3 is 2.59 bits per heavy atom. The summed E-state index contributed by atoms with van der Waals surface area (Å²) in [4.78, 5) is 9.21. The van der Waals surface area contributed by atoms with E-state index in [-0.39, 0.29) is 11.0 Å². The molecule has 0 bridgehead atoms. The number of rotatable bonds is 4. The van der Waals surface area contributed by atoms with Gasteiger partial charge in [0.15, 0.2) is 0 Å². The van der Waals surface area contributed by atoms with Gasteiger partial charge >= 0.3 is 0 Å². The average molecular weight is 435 g/mol. The first kappa shape index (κ1) is 18.7. The topological polar surface area (TPSA) is 82.3 Å². The van der Waals surface area contributed by atoms with Crippen molar-refractivity contribution in [2.75, 3.05) is 18.2 Å². The zero-order valence-electron chi connectivity index (χ0n) is 16.3. The monoisotopic (exact) mass is 434 g/mol. The molecular weight excluding hydrogens is 408 g/mol. The summed E-state index contributed by atoms with van der Waals surface area (Å²) in [5.74, 6) is 1.75. The predicted molar refractivity (Wildman–Crippen MR) is 111 cm³/mol. The molecule has 2 atom stereocenters. The Labute approximate surface area is 168 Å². The van der Waals surface area contributed by atoms with Crippen LogP contribution in [0.2, 0.25) is 0 Å². The molecule has 2 aliphatic rings. The Bertz CT molecular complexity index is 876. The molecular formula is C20H27BrN4O2. The third-order valence-electron chi connectivity index (χ3n) is 5.86. The van der Waals surface area contributed by atoms with Crippen LogP contribution in [-0.2, 0) is 4.74 Å². The van der Waals surface area contributed by atoms with Gasteiger partial charge in [0, 0.05) is 21.3 Å². The fraction of sp³-hybridized carbons (Fsp3) is 0.600. The molecule has 1 heterocycles. The molecule has 1 aromatic heterocycles. The molecule has 1 spiro atoms. The van der Waals surface area contributed by atoms with E-state index in [0.29, 0.717) is 23.9 Å². The summed E-state index contributed by atoms with van der Waals surface area (Å²) in [7, 11) is 1.63. The average Bonchev–Trinajstić information content (AvgIpc) is 2.51. The number of aromatic nitrogens is 2. The van der Waals surface area contributed by atoms with Crippen LogP contribution < -0.4 is 15.8 Å². The normalized spacial score (nSPS) is 23.7. The van der Waals surface area contributed by atoms with E-state index in [2.05, 4.69) is 47.0 Å². The number of nitrogens with one attached hydrogen (secondary N) is 1. The molecule has 0 aliphatic heterocycles. The molecule has 3 N–H and O–H groups in total. The number of methoxy groups -OCH3 is 1. The van der Waals surface area contributed by atoms with Crippen molar-refractivity contribution in [1.29, 1.82) is 0 Å². The molecule has 0 amide bonds. The quantitative estimate of drug-likeness (QED) is 0.735. The van der Waals surface area contributed by atoms with E-state index in [0.717, 1.165) is 27.5 Å². The third kappa shape index (κ3) is 3.25. The molecule has 27 heavy (non-hydrogen) atoms. The minimum absolute atomic E-state index is 0.119. The van der Waals surface area contributed by atoms with E-state index in [4.69, 9.17) is 20.2 Å². The van der Waals surface area contributed by atoms with Gasteiger partial charge in [-0.25, -0.2) is 4.98 Å². The van der Waals surface area contributed by atoms with Crippen LogP contribution in [0.3, 0.4) is 0 Å². The van der Waals surface area contributed by atoms with Crippen LogP contribution >= 0.6 is 15.9 Å². The smallest absolute Gasteiger partial charge is 0.225 e. The maximum absolute atomic E-state index is 6.31. The lowest BCUT2D eigenvalue weighted by atomic mass is 9.51. The van der Waals surface area contributed by atoms with Crippen molar-refractivity contribution in [3.63, 3.8) is 0 Å². The van der Waals surface area contributed by atoms with Crippen molar-refractivity contribution in [2.45, 2.75) is 64.2 Å². The van der Waals surface area contributed by atoms with Gasteiger partial charge in [-0.2, -0.15) is 4.98 Å². The molecule has 1 aromatic carbocycles. The second-order valence-corrected chi connectivity index (χ2v) is 9.53. The molecule has 2 saturated carbocycles. The molecule has 2 unspecified atom stereocenters. The third-order valence-corrected chi connectivity index (χ3v) is 6.47. The molecule has 2 aromatic rings. The zero-order chi connectivity index (χ0) is 19.4. The van der Waals surface area contributed by atoms with Gasteiger partial charge in [0.05, 0.1) is 24.3 Å². The van der Waals surface area contributed by atoms with Gasteiger partial charge < -0.3 is 20.5 Å². The highest BCUT2D eigenvalue weighted by atomic mass is 79.9. The number of benzene rings is 1. The van der Waals surface area contributed by atoms with Gasteiger partial charge in [-0.15, -0.1) is 0 Å². The zero-order valence-corrected chi connectivity index (χ0v) is 17.9. The Kier molecular flexibility index (Phi) is 4.50. The molecule has 146 valence electrons. The minimum atomic E-state index is -0.119. The van der Waals surface area contributed by atoms with Crippen LogP contribution in [-0.4, -0.2) is 34.8 Å². The number of ether oxygens (including phenoxy) is 2. The van der Waals surface area contributed by atoms with Crippen LogP contribution in [0.1, 0.15) is 46.5 Å². The maximum Gasteiger partial charge on any atom is 0.225 e. The number of fused-ring (bicyclic) bond motifs is 1. The maximum atomic E-state index is 6.31. The second-order valence-electron chi connectivity index (χ2n) is 8.68. The van der Waals surface area contributed by atoms with Crippen LogP contribution in [0, 0.1) is 5.41 Å². The first-order chi connectivity index (χ1) is 12.7. The minimum Gasteiger partial charge on any atom is -0.497 e. The summed E-state index contributed by atoms with van der Waals surface area (Å²) in [6, 6.07) is 4.08. The largest absolute Gasteiger partial charge is 0.497 e. The Hall–Kier alpha value is -1.60. The highest BCUT2D eigenvalue weighted by Crippen LogP contribution is 2.58. The van der Waals surface area contributed by atoms with Crippen molar-refractivity contribution < 1.29 is 9.47 Å². The van der Waals surface area contributed by atoms with E-state index in [9.17, 15) is 0 Å². The fourth-order valence-electron chi connectivity index (χ4n) is 4.32. The number of nitrogens with two attached hydrogens (primary N) is 1. The van der Waals surface area contributed by atoms with E-state index in [1.165, 1.54) is 19.3 Å². The van der Waals surface area contributed by atoms with Crippen molar-refractivity contribution in [2.24, 2.45) is 5.41 Å². The van der Waals surface area contributed by atoms with Gasteiger partial charge in [0.2, 0.25) is 5.95 Å². The highest BCUT2D eigenvalue weighted by molar-refractivity contribution is 9.10. The Balaban J connectivity index is 1.58. The number of hydrogen-bond acceptors (Lipinski definition) is 6. The number of nitrogens with zero attached hydrogens (tertiary/aromatic N) is 2. The standard InChI is InChI=1S/C20H27BrN4O2/c1-19(2,3)27-15-10-14(20(15)6-5-7-20)23-18-24-16-12(17(22)25-18)8-11(26-4)9-13(16)21/h8-9,14-15H,5-7,10H2,1-4H3,(H3,22,23,24,25). The fourth-order valence-corrected chi connectivity index (χ4v) is 4.85. The summed E-state index contributed by atoms with van der Waals surface area (Å²) < 4.78 is 12.5. The lowest BCUT2D eigenvalue weighted by Gasteiger charge is -2.62. The Morgan fingerprint density at radius 1 is 1.26 bits per heavy atom. The van der Waals surface area contributed by atoms with Gasteiger partial charge in [-0.05, 0) is 68.1 Å². The van der Waals surface area contributed by atoms with Gasteiger partial charge in [0.25, 0.3) is 0 Å². The van der Waals surface area contributed by atoms with Crippen molar-refractivity contribution in [1.82, 2.24) is 9.97 Å². The molecule has 4 rings (SSSR count). The van der Waals surface area contributed by atoms with E-state index in [1.807, 2.05) is 12.1 Å². The summed E-state index contributed by atoms with van der Waals surface area (Å²) in [5.41, 5.74) is 7.09. The summed E-state index contributed by atoms with van der Waals surface area (Å²) in [5, 5.41) is 4.33. The van der Waals surface area contributed by atoms with Crippen molar-refractivity contribution in [3.8, 4) is 5.75 Å². The van der Waals surface area contributed by atoms with Crippen molar-refractivity contribution >= 4 is 38.6 Å². The first-order valence-corrected chi connectivity index (χ1v) is 10.3. The number of halogens is 1. The molecule has 6 nitrogen and oxygen atoms in total.